The summed E-state index contributed by atoms with van der Waals surface area (Å²) in [6.45, 7) is 1.73. The minimum Gasteiger partial charge on any atom is -0.478 e. The number of rotatable bonds is 1. The third-order valence-corrected chi connectivity index (χ3v) is 4.14. The summed E-state index contributed by atoms with van der Waals surface area (Å²) in [7, 11) is 0. The van der Waals surface area contributed by atoms with Crippen LogP contribution in [0.15, 0.2) is 6.07 Å². The fourth-order valence-corrected chi connectivity index (χ4v) is 3.06. The van der Waals surface area contributed by atoms with Crippen molar-refractivity contribution < 1.29 is 19.4 Å². The molecule has 0 aromatic heterocycles. The van der Waals surface area contributed by atoms with Crippen molar-refractivity contribution in [2.24, 2.45) is 0 Å². The monoisotopic (exact) mass is 282 g/mol. The highest BCUT2D eigenvalue weighted by atomic mass is 35.5. The molecule has 1 aliphatic carbocycles. The maximum atomic E-state index is 11.2. The molecular weight excluding hydrogens is 268 g/mol. The number of benzene rings is 1. The highest BCUT2D eigenvalue weighted by Crippen LogP contribution is 2.51. The van der Waals surface area contributed by atoms with Crippen LogP contribution in [0.1, 0.15) is 48.0 Å². The molecule has 1 N–H and O–H groups in total. The molecule has 0 bridgehead atoms. The molecule has 3 rings (SSSR count). The molecule has 0 amide bonds. The molecular formula is C14H15ClO4. The van der Waals surface area contributed by atoms with Crippen LogP contribution in [-0.4, -0.2) is 16.9 Å². The molecule has 19 heavy (non-hydrogen) atoms. The maximum Gasteiger partial charge on any atom is 0.336 e. The third-order valence-electron chi connectivity index (χ3n) is 3.86. The van der Waals surface area contributed by atoms with E-state index in [1.165, 1.54) is 12.5 Å². The van der Waals surface area contributed by atoms with Crippen LogP contribution in [0.3, 0.4) is 0 Å². The van der Waals surface area contributed by atoms with E-state index in [4.69, 9.17) is 26.2 Å². The van der Waals surface area contributed by atoms with Crippen LogP contribution < -0.4 is 9.47 Å². The Balaban J connectivity index is 2.05. The average molecular weight is 283 g/mol. The summed E-state index contributed by atoms with van der Waals surface area (Å²) in [5.74, 6) is -0.653. The number of fused-ring (bicyclic) bond motifs is 1. The molecule has 0 unspecified atom stereocenters. The van der Waals surface area contributed by atoms with Crippen LogP contribution >= 0.6 is 11.6 Å². The molecule has 1 aromatic carbocycles. The van der Waals surface area contributed by atoms with E-state index in [1.807, 2.05) is 0 Å². The van der Waals surface area contributed by atoms with Crippen molar-refractivity contribution in [3.63, 3.8) is 0 Å². The molecule has 4 nitrogen and oxygen atoms in total. The van der Waals surface area contributed by atoms with E-state index in [-0.39, 0.29) is 5.56 Å². The van der Waals surface area contributed by atoms with Gasteiger partial charge in [0.25, 0.3) is 5.79 Å². The summed E-state index contributed by atoms with van der Waals surface area (Å²) in [5, 5.41) is 9.47. The second-order valence-corrected chi connectivity index (χ2v) is 5.58. The summed E-state index contributed by atoms with van der Waals surface area (Å²) in [4.78, 5) is 11.2. The topological polar surface area (TPSA) is 55.8 Å². The van der Waals surface area contributed by atoms with Gasteiger partial charge in [-0.05, 0) is 25.8 Å². The van der Waals surface area contributed by atoms with Crippen LogP contribution in [0.25, 0.3) is 0 Å². The molecule has 0 atom stereocenters. The number of carboxylic acids is 1. The minimum absolute atomic E-state index is 0.167. The number of carbonyl (C=O) groups is 1. The molecule has 1 aliphatic heterocycles. The predicted molar refractivity (Wildman–Crippen MR) is 70.2 cm³/mol. The quantitative estimate of drug-likeness (QED) is 0.852. The second-order valence-electron chi connectivity index (χ2n) is 5.17. The number of hydrogen-bond donors (Lipinski definition) is 1. The van der Waals surface area contributed by atoms with Crippen LogP contribution in [0.4, 0.5) is 0 Å². The SMILES string of the molecule is Cc1c(C(=O)O)cc(Cl)c2c1OC1(CCCCC1)O2. The molecule has 0 saturated heterocycles. The van der Waals surface area contributed by atoms with E-state index >= 15 is 0 Å². The van der Waals surface area contributed by atoms with E-state index in [2.05, 4.69) is 0 Å². The van der Waals surface area contributed by atoms with Gasteiger partial charge < -0.3 is 14.6 Å². The van der Waals surface area contributed by atoms with Crippen LogP contribution in [-0.2, 0) is 0 Å². The summed E-state index contributed by atoms with van der Waals surface area (Å²) >= 11 is 6.12. The first kappa shape index (κ1) is 12.6. The highest BCUT2D eigenvalue weighted by Gasteiger charge is 2.44. The zero-order valence-electron chi connectivity index (χ0n) is 10.7. The Kier molecular flexibility index (Phi) is 2.86. The minimum atomic E-state index is -1.00. The fourth-order valence-electron chi connectivity index (χ4n) is 2.83. The zero-order valence-corrected chi connectivity index (χ0v) is 11.4. The van der Waals surface area contributed by atoms with E-state index in [0.29, 0.717) is 22.1 Å². The van der Waals surface area contributed by atoms with Gasteiger partial charge in [-0.1, -0.05) is 18.0 Å². The molecule has 1 fully saturated rings. The summed E-state index contributed by atoms with van der Waals surface area (Å²) in [6, 6.07) is 1.43. The second kappa shape index (κ2) is 4.30. The van der Waals surface area contributed by atoms with E-state index in [1.54, 1.807) is 6.92 Å². The lowest BCUT2D eigenvalue weighted by atomic mass is 9.94. The first-order valence-electron chi connectivity index (χ1n) is 6.47. The standard InChI is InChI=1S/C14H15ClO4/c1-8-9(13(16)17)7-10(15)12-11(8)18-14(19-12)5-3-2-4-6-14/h7H,2-6H2,1H3,(H,16,17). The van der Waals surface area contributed by atoms with Crippen LogP contribution in [0, 0.1) is 6.92 Å². The van der Waals surface area contributed by atoms with Crippen LogP contribution in [0.5, 0.6) is 11.5 Å². The molecule has 2 aliphatic rings. The van der Waals surface area contributed by atoms with Gasteiger partial charge in [-0.3, -0.25) is 0 Å². The summed E-state index contributed by atoms with van der Waals surface area (Å²) in [5.41, 5.74) is 0.745. The van der Waals surface area contributed by atoms with Gasteiger partial charge in [-0.2, -0.15) is 0 Å². The first-order chi connectivity index (χ1) is 9.02. The maximum absolute atomic E-state index is 11.2. The van der Waals surface area contributed by atoms with Crippen molar-refractivity contribution >= 4 is 17.6 Å². The zero-order chi connectivity index (χ0) is 13.6. The molecule has 1 saturated carbocycles. The average Bonchev–Trinajstić information content (AvgIpc) is 2.74. The lowest BCUT2D eigenvalue weighted by Gasteiger charge is -2.31. The van der Waals surface area contributed by atoms with Crippen molar-refractivity contribution in [3.8, 4) is 11.5 Å². The molecule has 1 spiro atoms. The molecule has 0 radical (unpaired) electrons. The van der Waals surface area contributed by atoms with E-state index < -0.39 is 11.8 Å². The van der Waals surface area contributed by atoms with Gasteiger partial charge in [0.1, 0.15) is 0 Å². The summed E-state index contributed by atoms with van der Waals surface area (Å²) < 4.78 is 11.9. The molecule has 1 heterocycles. The smallest absolute Gasteiger partial charge is 0.336 e. The summed E-state index contributed by atoms with van der Waals surface area (Å²) in [6.07, 6.45) is 4.92. The third kappa shape index (κ3) is 1.94. The normalized spacial score (nSPS) is 19.7. The van der Waals surface area contributed by atoms with Gasteiger partial charge in [-0.25, -0.2) is 4.79 Å². The molecule has 5 heteroatoms. The number of ether oxygens (including phenoxy) is 2. The van der Waals surface area contributed by atoms with Crippen molar-refractivity contribution in [1.29, 1.82) is 0 Å². The van der Waals surface area contributed by atoms with Gasteiger partial charge in [0, 0.05) is 18.4 Å². The Morgan fingerprint density at radius 1 is 1.26 bits per heavy atom. The Hall–Kier alpha value is -1.42. The Bertz CT molecular complexity index is 547. The molecule has 1 aromatic rings. The van der Waals surface area contributed by atoms with Crippen molar-refractivity contribution in [2.45, 2.75) is 44.8 Å². The number of halogens is 1. The van der Waals surface area contributed by atoms with Gasteiger partial charge in [0.15, 0.2) is 11.5 Å². The van der Waals surface area contributed by atoms with Crippen molar-refractivity contribution in [3.05, 3.63) is 22.2 Å². The lowest BCUT2D eigenvalue weighted by molar-refractivity contribution is -0.105. The molecule has 102 valence electrons. The van der Waals surface area contributed by atoms with Gasteiger partial charge in [0.2, 0.25) is 0 Å². The van der Waals surface area contributed by atoms with Crippen molar-refractivity contribution in [2.75, 3.05) is 0 Å². The van der Waals surface area contributed by atoms with Gasteiger partial charge >= 0.3 is 5.97 Å². The Morgan fingerprint density at radius 2 is 1.89 bits per heavy atom. The number of hydrogen-bond acceptors (Lipinski definition) is 3. The van der Waals surface area contributed by atoms with Crippen molar-refractivity contribution in [1.82, 2.24) is 0 Å². The van der Waals surface area contributed by atoms with E-state index in [9.17, 15) is 4.79 Å². The van der Waals surface area contributed by atoms with Gasteiger partial charge in [0.05, 0.1) is 10.6 Å². The number of carboxylic acid groups (broad SMARTS) is 1. The fraction of sp³-hybridized carbons (Fsp3) is 0.500. The first-order valence-corrected chi connectivity index (χ1v) is 6.85. The predicted octanol–water partition coefficient (Wildman–Crippen LogP) is 3.78. The lowest BCUT2D eigenvalue weighted by Crippen LogP contribution is -2.40. The van der Waals surface area contributed by atoms with Crippen LogP contribution in [0.2, 0.25) is 5.02 Å². The number of aromatic carboxylic acids is 1. The van der Waals surface area contributed by atoms with E-state index in [0.717, 1.165) is 25.7 Å². The highest BCUT2D eigenvalue weighted by molar-refractivity contribution is 6.32. The Morgan fingerprint density at radius 3 is 2.53 bits per heavy atom. The van der Waals surface area contributed by atoms with Gasteiger partial charge in [-0.15, -0.1) is 0 Å². The largest absolute Gasteiger partial charge is 0.478 e. The Labute approximate surface area is 116 Å².